The third kappa shape index (κ3) is 2.16. The lowest BCUT2D eigenvalue weighted by Gasteiger charge is -2.02. The lowest BCUT2D eigenvalue weighted by atomic mass is 10.2. The molecule has 1 aromatic heterocycles. The zero-order valence-electron chi connectivity index (χ0n) is 6.95. The van der Waals surface area contributed by atoms with Gasteiger partial charge in [-0.25, -0.2) is 13.8 Å². The molecule has 0 bridgehead atoms. The van der Waals surface area contributed by atoms with Crippen molar-refractivity contribution in [2.24, 2.45) is 0 Å². The molecule has 1 aromatic rings. The van der Waals surface area contributed by atoms with Crippen LogP contribution in [0.5, 0.6) is 0 Å². The van der Waals surface area contributed by atoms with Gasteiger partial charge in [-0.15, -0.1) is 0 Å². The minimum atomic E-state index is -3.09. The summed E-state index contributed by atoms with van der Waals surface area (Å²) in [6.07, 6.45) is -3.09. The molecule has 0 fully saturated rings. The van der Waals surface area contributed by atoms with Crippen LogP contribution in [-0.4, -0.2) is 9.91 Å². The van der Waals surface area contributed by atoms with Crippen molar-refractivity contribution in [2.75, 3.05) is 0 Å². The number of pyridine rings is 1. The minimum Gasteiger partial charge on any atom is -0.258 e. The molecule has 0 aliphatic heterocycles. The molecule has 0 aliphatic rings. The first kappa shape index (κ1) is 11.3. The second-order valence-corrected chi connectivity index (χ2v) is 2.79. The van der Waals surface area contributed by atoms with Gasteiger partial charge in [0.1, 0.15) is 16.8 Å². The predicted octanol–water partition coefficient (Wildman–Crippen LogP) is 2.45. The average Bonchev–Trinajstić information content (AvgIpc) is 2.15. The molecule has 0 radical (unpaired) electrons. The molecule has 1 rings (SSSR count). The van der Waals surface area contributed by atoms with Crippen LogP contribution in [0, 0.1) is 21.4 Å². The van der Waals surface area contributed by atoms with Crippen LogP contribution in [0.3, 0.4) is 0 Å². The Morgan fingerprint density at radius 3 is 2.67 bits per heavy atom. The standard InChI is InChI=1S/C7H2ClF2N3O2/c8-5-1-3(7(9)10)6(13(14)15)4(2-11)12-5/h1,7H. The first-order valence-corrected chi connectivity index (χ1v) is 3.88. The van der Waals surface area contributed by atoms with Crippen LogP contribution >= 0.6 is 11.6 Å². The van der Waals surface area contributed by atoms with E-state index in [-0.39, 0.29) is 5.15 Å². The Kier molecular flexibility index (Phi) is 3.11. The number of aromatic nitrogens is 1. The van der Waals surface area contributed by atoms with E-state index in [0.717, 1.165) is 0 Å². The number of hydrogen-bond acceptors (Lipinski definition) is 4. The monoisotopic (exact) mass is 233 g/mol. The number of rotatable bonds is 2. The summed E-state index contributed by atoms with van der Waals surface area (Å²) in [5, 5.41) is 18.6. The smallest absolute Gasteiger partial charge is 0.258 e. The lowest BCUT2D eigenvalue weighted by Crippen LogP contribution is -2.01. The van der Waals surface area contributed by atoms with Crippen LogP contribution in [0.4, 0.5) is 14.5 Å². The fraction of sp³-hybridized carbons (Fsp3) is 0.143. The molecule has 0 aliphatic carbocycles. The quantitative estimate of drug-likeness (QED) is 0.446. The molecule has 0 saturated carbocycles. The minimum absolute atomic E-state index is 0.382. The summed E-state index contributed by atoms with van der Waals surface area (Å²) in [5.41, 5.74) is -2.63. The van der Waals surface area contributed by atoms with Crippen LogP contribution in [0.1, 0.15) is 17.7 Å². The van der Waals surface area contributed by atoms with E-state index in [0.29, 0.717) is 6.07 Å². The molecule has 0 spiro atoms. The van der Waals surface area contributed by atoms with Crippen LogP contribution in [-0.2, 0) is 0 Å². The summed E-state index contributed by atoms with van der Waals surface area (Å²) in [5.74, 6) is 0. The van der Waals surface area contributed by atoms with Crippen LogP contribution in [0.25, 0.3) is 0 Å². The molecule has 0 saturated heterocycles. The van der Waals surface area contributed by atoms with E-state index in [1.54, 1.807) is 0 Å². The molecule has 78 valence electrons. The van der Waals surface area contributed by atoms with E-state index in [9.17, 15) is 18.9 Å². The van der Waals surface area contributed by atoms with E-state index in [2.05, 4.69) is 4.98 Å². The van der Waals surface area contributed by atoms with Gasteiger partial charge in [-0.2, -0.15) is 5.26 Å². The summed E-state index contributed by atoms with van der Waals surface area (Å²) in [6, 6.07) is 2.01. The Hall–Kier alpha value is -1.81. The highest BCUT2D eigenvalue weighted by molar-refractivity contribution is 6.29. The summed E-state index contributed by atoms with van der Waals surface area (Å²) < 4.78 is 24.8. The van der Waals surface area contributed by atoms with Crippen molar-refractivity contribution in [1.29, 1.82) is 5.26 Å². The summed E-state index contributed by atoms with van der Waals surface area (Å²) in [6.45, 7) is 0. The van der Waals surface area contributed by atoms with Gasteiger partial charge < -0.3 is 0 Å². The normalized spacial score (nSPS) is 10.1. The maximum Gasteiger partial charge on any atom is 0.314 e. The Labute approximate surface area is 87.1 Å². The second kappa shape index (κ2) is 4.14. The molecular weight excluding hydrogens is 232 g/mol. The van der Waals surface area contributed by atoms with E-state index < -0.39 is 28.3 Å². The van der Waals surface area contributed by atoms with Gasteiger partial charge in [-0.3, -0.25) is 10.1 Å². The highest BCUT2D eigenvalue weighted by Gasteiger charge is 2.27. The number of nitrogens with zero attached hydrogens (tertiary/aromatic N) is 3. The number of alkyl halides is 2. The van der Waals surface area contributed by atoms with Gasteiger partial charge in [0.15, 0.2) is 0 Å². The molecule has 0 aromatic carbocycles. The lowest BCUT2D eigenvalue weighted by molar-refractivity contribution is -0.386. The summed E-state index contributed by atoms with van der Waals surface area (Å²) >= 11 is 5.33. The van der Waals surface area contributed by atoms with Crippen LogP contribution < -0.4 is 0 Å². The zero-order chi connectivity index (χ0) is 11.6. The van der Waals surface area contributed by atoms with Crippen LogP contribution in [0.15, 0.2) is 6.07 Å². The third-order valence-corrected chi connectivity index (χ3v) is 1.71. The largest absolute Gasteiger partial charge is 0.314 e. The third-order valence-electron chi connectivity index (χ3n) is 1.51. The number of nitriles is 1. The van der Waals surface area contributed by atoms with Gasteiger partial charge in [0.2, 0.25) is 5.69 Å². The second-order valence-electron chi connectivity index (χ2n) is 2.40. The SMILES string of the molecule is N#Cc1nc(Cl)cc(C(F)F)c1[N+](=O)[O-]. The van der Waals surface area contributed by atoms with Crippen molar-refractivity contribution in [2.45, 2.75) is 6.43 Å². The number of halogens is 3. The molecule has 0 amide bonds. The van der Waals surface area contributed by atoms with Crippen molar-refractivity contribution in [3.05, 3.63) is 32.6 Å². The van der Waals surface area contributed by atoms with Crippen molar-refractivity contribution in [3.8, 4) is 6.07 Å². The predicted molar refractivity (Wildman–Crippen MR) is 45.6 cm³/mol. The van der Waals surface area contributed by atoms with Crippen molar-refractivity contribution in [1.82, 2.24) is 4.98 Å². The van der Waals surface area contributed by atoms with Gasteiger partial charge in [-0.1, -0.05) is 11.6 Å². The molecule has 0 atom stereocenters. The van der Waals surface area contributed by atoms with E-state index in [1.807, 2.05) is 0 Å². The van der Waals surface area contributed by atoms with Crippen molar-refractivity contribution < 1.29 is 13.7 Å². The molecular formula is C7H2ClF2N3O2. The molecule has 8 heteroatoms. The highest BCUT2D eigenvalue weighted by Crippen LogP contribution is 2.32. The molecule has 0 unspecified atom stereocenters. The van der Waals surface area contributed by atoms with Crippen molar-refractivity contribution in [3.63, 3.8) is 0 Å². The first-order chi connectivity index (χ1) is 6.97. The molecule has 5 nitrogen and oxygen atoms in total. The maximum atomic E-state index is 12.4. The van der Waals surface area contributed by atoms with E-state index in [4.69, 9.17) is 16.9 Å². The van der Waals surface area contributed by atoms with Crippen LogP contribution in [0.2, 0.25) is 5.15 Å². The maximum absolute atomic E-state index is 12.4. The number of hydrogen-bond donors (Lipinski definition) is 0. The van der Waals surface area contributed by atoms with E-state index in [1.165, 1.54) is 6.07 Å². The van der Waals surface area contributed by atoms with Gasteiger partial charge in [-0.05, 0) is 6.07 Å². The summed E-state index contributed by atoms with van der Waals surface area (Å²) in [4.78, 5) is 12.7. The van der Waals surface area contributed by atoms with Gasteiger partial charge in [0, 0.05) is 0 Å². The first-order valence-electron chi connectivity index (χ1n) is 3.50. The Balaban J connectivity index is 3.56. The van der Waals surface area contributed by atoms with Crippen molar-refractivity contribution >= 4 is 17.3 Å². The fourth-order valence-electron chi connectivity index (χ4n) is 0.962. The highest BCUT2D eigenvalue weighted by atomic mass is 35.5. The average molecular weight is 234 g/mol. The topological polar surface area (TPSA) is 79.8 Å². The Bertz CT molecular complexity index is 458. The van der Waals surface area contributed by atoms with Gasteiger partial charge in [0.05, 0.1) is 4.92 Å². The zero-order valence-corrected chi connectivity index (χ0v) is 7.70. The summed E-state index contributed by atoms with van der Waals surface area (Å²) in [7, 11) is 0. The Morgan fingerprint density at radius 2 is 2.27 bits per heavy atom. The molecule has 0 N–H and O–H groups in total. The molecule has 1 heterocycles. The number of nitro groups is 1. The fourth-order valence-corrected chi connectivity index (χ4v) is 1.16. The van der Waals surface area contributed by atoms with E-state index >= 15 is 0 Å². The Morgan fingerprint density at radius 1 is 1.67 bits per heavy atom. The molecule has 15 heavy (non-hydrogen) atoms. The van der Waals surface area contributed by atoms with Gasteiger partial charge >= 0.3 is 5.69 Å². The van der Waals surface area contributed by atoms with Gasteiger partial charge in [0.25, 0.3) is 6.43 Å².